The predicted molar refractivity (Wildman–Crippen MR) is 71.8 cm³/mol. The third-order valence-corrected chi connectivity index (χ3v) is 3.87. The Labute approximate surface area is 113 Å². The van der Waals surface area contributed by atoms with Gasteiger partial charge < -0.3 is 0 Å². The van der Waals surface area contributed by atoms with Crippen LogP contribution in [0, 0.1) is 0 Å². The van der Waals surface area contributed by atoms with Gasteiger partial charge >= 0.3 is 0 Å². The van der Waals surface area contributed by atoms with E-state index in [1.54, 1.807) is 0 Å². The number of hydrogen-bond acceptors (Lipinski definition) is 3. The summed E-state index contributed by atoms with van der Waals surface area (Å²) in [6.45, 7) is 0. The van der Waals surface area contributed by atoms with Gasteiger partial charge in [-0.1, -0.05) is 30.3 Å². The van der Waals surface area contributed by atoms with Crippen LogP contribution in [0.4, 0.5) is 0 Å². The first kappa shape index (κ1) is 12.6. The molecule has 1 unspecified atom stereocenters. The van der Waals surface area contributed by atoms with Gasteiger partial charge in [-0.25, -0.2) is 4.98 Å². The van der Waals surface area contributed by atoms with Crippen LogP contribution in [0.1, 0.15) is 5.69 Å². The molecule has 0 aliphatic heterocycles. The summed E-state index contributed by atoms with van der Waals surface area (Å²) < 4.78 is 0. The minimum Gasteiger partial charge on any atom is -0.280 e. The topological polar surface area (TPSA) is 30.0 Å². The van der Waals surface area contributed by atoms with Crippen LogP contribution in [-0.4, -0.2) is 15.6 Å². The average Bonchev–Trinajstić information content (AvgIpc) is 2.78. The van der Waals surface area contributed by atoms with Crippen molar-refractivity contribution in [1.29, 1.82) is 0 Å². The van der Waals surface area contributed by atoms with Crippen molar-refractivity contribution in [1.82, 2.24) is 4.98 Å². The molecule has 0 amide bonds. The van der Waals surface area contributed by atoms with Crippen molar-refractivity contribution in [3.05, 3.63) is 41.4 Å². The van der Waals surface area contributed by atoms with E-state index in [2.05, 4.69) is 4.98 Å². The van der Waals surface area contributed by atoms with E-state index in [1.165, 1.54) is 11.3 Å². The zero-order valence-corrected chi connectivity index (χ0v) is 11.1. The summed E-state index contributed by atoms with van der Waals surface area (Å²) in [5.74, 6) is 0. The molecule has 88 valence electrons. The molecule has 0 N–H and O–H groups in total. The van der Waals surface area contributed by atoms with Gasteiger partial charge in [-0.05, 0) is 11.6 Å². The third-order valence-electron chi connectivity index (χ3n) is 2.21. The molecule has 2 aromatic rings. The molecule has 0 radical (unpaired) electrons. The van der Waals surface area contributed by atoms with E-state index in [4.69, 9.17) is 23.2 Å². The molecule has 0 saturated carbocycles. The maximum Gasteiger partial charge on any atom is 0.239 e. The Balaban J connectivity index is 2.14. The second-order valence-electron chi connectivity index (χ2n) is 3.49. The molecular formula is C12H9Cl2NOS. The Bertz CT molecular complexity index is 512. The Hall–Kier alpha value is -0.900. The highest BCUT2D eigenvalue weighted by atomic mass is 35.5. The highest BCUT2D eigenvalue weighted by Crippen LogP contribution is 2.24. The summed E-state index contributed by atoms with van der Waals surface area (Å²) in [5, 5.41) is 1.58. The average molecular weight is 286 g/mol. The van der Waals surface area contributed by atoms with Crippen LogP contribution < -0.4 is 0 Å². The van der Waals surface area contributed by atoms with Gasteiger partial charge in [0.25, 0.3) is 0 Å². The first-order valence-corrected chi connectivity index (χ1v) is 6.69. The number of hydrogen-bond donors (Lipinski definition) is 0. The SMILES string of the molecule is O=C(Cl)C(Cl)Cc1csc(-c2ccccc2)n1. The summed E-state index contributed by atoms with van der Waals surface area (Å²) in [7, 11) is 0. The Kier molecular flexibility index (Phi) is 4.15. The maximum absolute atomic E-state index is 10.8. The van der Waals surface area contributed by atoms with E-state index < -0.39 is 10.6 Å². The van der Waals surface area contributed by atoms with Crippen molar-refractivity contribution in [3.63, 3.8) is 0 Å². The lowest BCUT2D eigenvalue weighted by Gasteiger charge is -1.99. The molecule has 0 bridgehead atoms. The van der Waals surface area contributed by atoms with Gasteiger partial charge in [-0.3, -0.25) is 4.79 Å². The zero-order valence-electron chi connectivity index (χ0n) is 8.77. The maximum atomic E-state index is 10.8. The van der Waals surface area contributed by atoms with Crippen LogP contribution in [0.15, 0.2) is 35.7 Å². The minimum absolute atomic E-state index is 0.368. The normalized spacial score (nSPS) is 12.4. The van der Waals surface area contributed by atoms with Gasteiger partial charge in [-0.2, -0.15) is 0 Å². The number of alkyl halides is 1. The molecule has 0 aliphatic rings. The van der Waals surface area contributed by atoms with E-state index in [0.29, 0.717) is 6.42 Å². The molecule has 17 heavy (non-hydrogen) atoms. The Morgan fingerprint density at radius 2 is 2.06 bits per heavy atom. The fraction of sp³-hybridized carbons (Fsp3) is 0.167. The number of halogens is 2. The van der Waals surface area contributed by atoms with E-state index in [9.17, 15) is 4.79 Å². The summed E-state index contributed by atoms with van der Waals surface area (Å²) >= 11 is 12.6. The van der Waals surface area contributed by atoms with Gasteiger partial charge in [0.15, 0.2) is 0 Å². The van der Waals surface area contributed by atoms with Crippen LogP contribution in [0.3, 0.4) is 0 Å². The molecule has 2 nitrogen and oxygen atoms in total. The number of rotatable bonds is 4. The van der Waals surface area contributed by atoms with Crippen molar-refractivity contribution in [2.24, 2.45) is 0 Å². The van der Waals surface area contributed by atoms with Crippen molar-refractivity contribution < 1.29 is 4.79 Å². The van der Waals surface area contributed by atoms with Gasteiger partial charge in [0.1, 0.15) is 10.4 Å². The van der Waals surface area contributed by atoms with Crippen LogP contribution in [-0.2, 0) is 11.2 Å². The second-order valence-corrected chi connectivity index (χ2v) is 5.24. The molecule has 0 saturated heterocycles. The number of thiazole rings is 1. The third kappa shape index (κ3) is 3.28. The van der Waals surface area contributed by atoms with Crippen LogP contribution in [0.5, 0.6) is 0 Å². The highest BCUT2D eigenvalue weighted by Gasteiger charge is 2.15. The summed E-state index contributed by atoms with van der Waals surface area (Å²) in [6.07, 6.45) is 0.368. The van der Waals surface area contributed by atoms with E-state index in [-0.39, 0.29) is 0 Å². The predicted octanol–water partition coefficient (Wildman–Crippen LogP) is 3.73. The highest BCUT2D eigenvalue weighted by molar-refractivity contribution is 7.13. The lowest BCUT2D eigenvalue weighted by molar-refractivity contribution is -0.111. The van der Waals surface area contributed by atoms with E-state index >= 15 is 0 Å². The molecule has 2 rings (SSSR count). The molecule has 0 fully saturated rings. The minimum atomic E-state index is -0.706. The van der Waals surface area contributed by atoms with Gasteiger partial charge in [-0.15, -0.1) is 22.9 Å². The molecular weight excluding hydrogens is 277 g/mol. The fourth-order valence-corrected chi connectivity index (χ4v) is 2.45. The quantitative estimate of drug-likeness (QED) is 0.633. The first-order valence-electron chi connectivity index (χ1n) is 5.00. The molecule has 0 spiro atoms. The van der Waals surface area contributed by atoms with Crippen molar-refractivity contribution >= 4 is 39.8 Å². The van der Waals surface area contributed by atoms with Crippen molar-refractivity contribution in [2.75, 3.05) is 0 Å². The summed E-state index contributed by atoms with van der Waals surface area (Å²) in [6, 6.07) is 9.87. The summed E-state index contributed by atoms with van der Waals surface area (Å²) in [4.78, 5) is 15.3. The smallest absolute Gasteiger partial charge is 0.239 e. The van der Waals surface area contributed by atoms with Gasteiger partial charge in [0.05, 0.1) is 5.69 Å². The monoisotopic (exact) mass is 285 g/mol. The molecule has 1 aromatic carbocycles. The van der Waals surface area contributed by atoms with Gasteiger partial charge in [0, 0.05) is 17.4 Å². The number of carbonyl (C=O) groups is 1. The molecule has 1 heterocycles. The molecule has 0 aliphatic carbocycles. The number of nitrogens with zero attached hydrogens (tertiary/aromatic N) is 1. The first-order chi connectivity index (χ1) is 8.16. The Morgan fingerprint density at radius 1 is 1.35 bits per heavy atom. The summed E-state index contributed by atoms with van der Waals surface area (Å²) in [5.41, 5.74) is 1.86. The van der Waals surface area contributed by atoms with Crippen molar-refractivity contribution in [2.45, 2.75) is 11.8 Å². The van der Waals surface area contributed by atoms with Gasteiger partial charge in [0.2, 0.25) is 5.24 Å². The van der Waals surface area contributed by atoms with Crippen LogP contribution in [0.2, 0.25) is 0 Å². The van der Waals surface area contributed by atoms with Crippen LogP contribution in [0.25, 0.3) is 10.6 Å². The Morgan fingerprint density at radius 3 is 2.71 bits per heavy atom. The largest absolute Gasteiger partial charge is 0.280 e. The number of aromatic nitrogens is 1. The van der Waals surface area contributed by atoms with Crippen LogP contribution >= 0.6 is 34.5 Å². The number of benzene rings is 1. The zero-order chi connectivity index (χ0) is 12.3. The van der Waals surface area contributed by atoms with E-state index in [1.807, 2.05) is 35.7 Å². The fourth-order valence-electron chi connectivity index (χ4n) is 1.38. The lowest BCUT2D eigenvalue weighted by Crippen LogP contribution is -2.11. The molecule has 5 heteroatoms. The second kappa shape index (κ2) is 5.63. The lowest BCUT2D eigenvalue weighted by atomic mass is 10.2. The van der Waals surface area contributed by atoms with E-state index in [0.717, 1.165) is 16.3 Å². The number of carbonyl (C=O) groups excluding carboxylic acids is 1. The molecule has 1 atom stereocenters. The van der Waals surface area contributed by atoms with Crippen molar-refractivity contribution in [3.8, 4) is 10.6 Å². The molecule has 1 aromatic heterocycles. The standard InChI is InChI=1S/C12H9Cl2NOS/c13-10(11(14)16)6-9-7-17-12(15-9)8-4-2-1-3-5-8/h1-5,7,10H,6H2.